The summed E-state index contributed by atoms with van der Waals surface area (Å²) in [6, 6.07) is 3.58. The second kappa shape index (κ2) is 6.58. The van der Waals surface area contributed by atoms with Crippen LogP contribution >= 0.6 is 22.7 Å². The van der Waals surface area contributed by atoms with Gasteiger partial charge in [-0.05, 0) is 38.3 Å². The number of hydrazine groups is 1. The Labute approximate surface area is 146 Å². The third kappa shape index (κ3) is 3.24. The van der Waals surface area contributed by atoms with Gasteiger partial charge < -0.3 is 4.42 Å². The smallest absolute Gasteiger partial charge is 0.281 e. The Morgan fingerprint density at radius 3 is 2.54 bits per heavy atom. The van der Waals surface area contributed by atoms with E-state index < -0.39 is 11.8 Å². The lowest BCUT2D eigenvalue weighted by atomic mass is 10.2. The van der Waals surface area contributed by atoms with Crippen LogP contribution in [-0.4, -0.2) is 16.8 Å². The summed E-state index contributed by atoms with van der Waals surface area (Å²) in [5, 5.41) is 4.72. The summed E-state index contributed by atoms with van der Waals surface area (Å²) < 4.78 is 5.31. The van der Waals surface area contributed by atoms with E-state index in [4.69, 9.17) is 4.42 Å². The number of aryl methyl sites for hydroxylation is 3. The van der Waals surface area contributed by atoms with E-state index in [2.05, 4.69) is 15.8 Å². The fourth-order valence-corrected chi connectivity index (χ4v) is 3.88. The molecule has 0 unspecified atom stereocenters. The highest BCUT2D eigenvalue weighted by Gasteiger charge is 2.18. The molecular weight excluding hydrogens is 346 g/mol. The van der Waals surface area contributed by atoms with Crippen molar-refractivity contribution in [3.05, 3.63) is 50.5 Å². The number of carbonyl (C=O) groups is 2. The van der Waals surface area contributed by atoms with Crippen LogP contribution in [0.2, 0.25) is 0 Å². The summed E-state index contributed by atoms with van der Waals surface area (Å²) in [5.41, 5.74) is 6.84. The lowest BCUT2D eigenvalue weighted by Gasteiger charge is -2.05. The Morgan fingerprint density at radius 2 is 1.92 bits per heavy atom. The van der Waals surface area contributed by atoms with Crippen LogP contribution in [0.4, 0.5) is 0 Å². The van der Waals surface area contributed by atoms with E-state index in [1.807, 2.05) is 16.8 Å². The molecule has 0 spiro atoms. The molecule has 2 N–H and O–H groups in total. The van der Waals surface area contributed by atoms with Crippen molar-refractivity contribution in [1.29, 1.82) is 0 Å². The van der Waals surface area contributed by atoms with Crippen LogP contribution in [0.5, 0.6) is 0 Å². The van der Waals surface area contributed by atoms with Crippen LogP contribution < -0.4 is 10.9 Å². The molecule has 0 atom stereocenters. The van der Waals surface area contributed by atoms with Crippen molar-refractivity contribution in [2.45, 2.75) is 20.8 Å². The van der Waals surface area contributed by atoms with Gasteiger partial charge in [-0.2, -0.15) is 11.3 Å². The molecule has 3 aromatic rings. The van der Waals surface area contributed by atoms with E-state index in [-0.39, 0.29) is 0 Å². The van der Waals surface area contributed by atoms with Gasteiger partial charge in [0.05, 0.1) is 11.3 Å². The maximum absolute atomic E-state index is 12.3. The third-order valence-electron chi connectivity index (χ3n) is 3.35. The first-order valence-electron chi connectivity index (χ1n) is 7.13. The first-order valence-corrected chi connectivity index (χ1v) is 8.89. The van der Waals surface area contributed by atoms with Crippen LogP contribution in [0.3, 0.4) is 0 Å². The van der Waals surface area contributed by atoms with Crippen LogP contribution in [0.1, 0.15) is 37.2 Å². The minimum absolute atomic E-state index is 0.391. The van der Waals surface area contributed by atoms with Gasteiger partial charge in [-0.25, -0.2) is 4.98 Å². The fraction of sp³-hybridized carbons (Fsp3) is 0.188. The molecule has 3 rings (SSSR count). The molecule has 2 amide bonds. The van der Waals surface area contributed by atoms with Crippen molar-refractivity contribution in [2.75, 3.05) is 0 Å². The molecule has 124 valence electrons. The minimum atomic E-state index is -0.419. The third-order valence-corrected chi connectivity index (χ3v) is 5.23. The summed E-state index contributed by atoms with van der Waals surface area (Å²) in [6.07, 6.45) is 0. The summed E-state index contributed by atoms with van der Waals surface area (Å²) in [4.78, 5) is 29.3. The van der Waals surface area contributed by atoms with Gasteiger partial charge in [0, 0.05) is 10.9 Å². The Balaban J connectivity index is 1.69. The second-order valence-corrected chi connectivity index (χ2v) is 6.96. The number of carbonyl (C=O) groups excluding carboxylic acids is 2. The molecule has 6 nitrogen and oxygen atoms in total. The monoisotopic (exact) mass is 361 g/mol. The van der Waals surface area contributed by atoms with Crippen molar-refractivity contribution in [2.24, 2.45) is 0 Å². The van der Waals surface area contributed by atoms with Gasteiger partial charge >= 0.3 is 0 Å². The number of aromatic nitrogens is 1. The molecule has 0 aliphatic heterocycles. The van der Waals surface area contributed by atoms with Gasteiger partial charge in [-0.3, -0.25) is 20.4 Å². The van der Waals surface area contributed by atoms with Crippen molar-refractivity contribution in [3.8, 4) is 10.6 Å². The topological polar surface area (TPSA) is 84.2 Å². The van der Waals surface area contributed by atoms with Gasteiger partial charge in [0.2, 0.25) is 0 Å². The molecule has 3 aromatic heterocycles. The molecule has 0 aliphatic rings. The number of nitrogens with one attached hydrogen (secondary N) is 2. The summed E-state index contributed by atoms with van der Waals surface area (Å²) >= 11 is 2.87. The number of amides is 2. The van der Waals surface area contributed by atoms with Crippen LogP contribution in [0, 0.1) is 20.8 Å². The van der Waals surface area contributed by atoms with E-state index in [1.54, 1.807) is 38.2 Å². The van der Waals surface area contributed by atoms with Gasteiger partial charge in [0.1, 0.15) is 21.4 Å². The number of thiophene rings is 1. The van der Waals surface area contributed by atoms with Crippen molar-refractivity contribution in [3.63, 3.8) is 0 Å². The Morgan fingerprint density at radius 1 is 1.17 bits per heavy atom. The van der Waals surface area contributed by atoms with Crippen LogP contribution in [0.15, 0.2) is 27.3 Å². The standard InChI is InChI=1S/C16H15N3O3S2/c1-8-6-12(10(3)22-8)14(20)18-19-15(21)13-9(2)17-16(24-13)11-4-5-23-7-11/h4-7H,1-3H3,(H,18,20)(H,19,21). The molecule has 0 saturated carbocycles. The number of nitrogens with zero attached hydrogens (tertiary/aromatic N) is 1. The number of thiazole rings is 1. The predicted octanol–water partition coefficient (Wildman–Crippen LogP) is 3.46. The molecule has 0 aliphatic carbocycles. The van der Waals surface area contributed by atoms with E-state index >= 15 is 0 Å². The zero-order valence-corrected chi connectivity index (χ0v) is 14.9. The molecule has 0 aromatic carbocycles. The summed E-state index contributed by atoms with van der Waals surface area (Å²) in [7, 11) is 0. The van der Waals surface area contributed by atoms with Crippen LogP contribution in [-0.2, 0) is 0 Å². The highest BCUT2D eigenvalue weighted by molar-refractivity contribution is 7.17. The molecule has 3 heterocycles. The highest BCUT2D eigenvalue weighted by Crippen LogP contribution is 2.29. The van der Waals surface area contributed by atoms with Gasteiger partial charge in [0.15, 0.2) is 0 Å². The molecule has 0 bridgehead atoms. The zero-order chi connectivity index (χ0) is 17.3. The number of rotatable bonds is 3. The van der Waals surface area contributed by atoms with Crippen molar-refractivity contribution < 1.29 is 14.0 Å². The molecule has 0 fully saturated rings. The Hall–Kier alpha value is -2.45. The highest BCUT2D eigenvalue weighted by atomic mass is 32.1. The lowest BCUT2D eigenvalue weighted by Crippen LogP contribution is -2.41. The lowest BCUT2D eigenvalue weighted by molar-refractivity contribution is 0.0847. The number of hydrogen-bond donors (Lipinski definition) is 2. The first kappa shape index (κ1) is 16.4. The van der Waals surface area contributed by atoms with Gasteiger partial charge in [0.25, 0.3) is 11.8 Å². The quantitative estimate of drug-likeness (QED) is 0.700. The largest absolute Gasteiger partial charge is 0.466 e. The van der Waals surface area contributed by atoms with Gasteiger partial charge in [-0.1, -0.05) is 0 Å². The maximum Gasteiger partial charge on any atom is 0.281 e. The first-order chi connectivity index (χ1) is 11.5. The molecule has 8 heteroatoms. The Kier molecular flexibility index (Phi) is 4.50. The average molecular weight is 361 g/mol. The molecular formula is C16H15N3O3S2. The molecule has 24 heavy (non-hydrogen) atoms. The van der Waals surface area contributed by atoms with Crippen molar-refractivity contribution in [1.82, 2.24) is 15.8 Å². The molecule has 0 saturated heterocycles. The zero-order valence-electron chi connectivity index (χ0n) is 13.3. The second-order valence-electron chi connectivity index (χ2n) is 5.18. The average Bonchev–Trinajstić information content (AvgIpc) is 3.24. The van der Waals surface area contributed by atoms with Gasteiger partial charge in [-0.15, -0.1) is 11.3 Å². The number of hydrogen-bond acceptors (Lipinski definition) is 6. The van der Waals surface area contributed by atoms with E-state index in [9.17, 15) is 9.59 Å². The summed E-state index contributed by atoms with van der Waals surface area (Å²) in [6.45, 7) is 5.23. The predicted molar refractivity (Wildman–Crippen MR) is 93.3 cm³/mol. The Bertz CT molecular complexity index is 894. The van der Waals surface area contributed by atoms with Crippen LogP contribution in [0.25, 0.3) is 10.6 Å². The fourth-order valence-electron chi connectivity index (χ4n) is 2.21. The summed E-state index contributed by atoms with van der Waals surface area (Å²) in [5.74, 6) is 0.339. The van der Waals surface area contributed by atoms with E-state index in [1.165, 1.54) is 11.3 Å². The van der Waals surface area contributed by atoms with E-state index in [0.29, 0.717) is 27.7 Å². The SMILES string of the molecule is Cc1cc(C(=O)NNC(=O)c2sc(-c3ccsc3)nc2C)c(C)o1. The maximum atomic E-state index is 12.3. The number of furan rings is 1. The minimum Gasteiger partial charge on any atom is -0.466 e. The van der Waals surface area contributed by atoms with E-state index in [0.717, 1.165) is 10.6 Å². The molecule has 0 radical (unpaired) electrons. The normalized spacial score (nSPS) is 10.6. The van der Waals surface area contributed by atoms with Crippen molar-refractivity contribution >= 4 is 34.5 Å².